The molecule has 0 unspecified atom stereocenters. The number of hydrogen-bond acceptors (Lipinski definition) is 8. The lowest BCUT2D eigenvalue weighted by molar-refractivity contribution is 0.0265. The van der Waals surface area contributed by atoms with Crippen LogP contribution in [0, 0.1) is 0 Å². The molecule has 0 aliphatic carbocycles. The van der Waals surface area contributed by atoms with Gasteiger partial charge in [-0.2, -0.15) is 0 Å². The lowest BCUT2D eigenvalue weighted by Crippen LogP contribution is -2.35. The summed E-state index contributed by atoms with van der Waals surface area (Å²) in [6, 6.07) is 0. The first-order valence-corrected chi connectivity index (χ1v) is 8.20. The Morgan fingerprint density at radius 1 is 0.731 bits per heavy atom. The first-order chi connectivity index (χ1) is 11.8. The fourth-order valence-electron chi connectivity index (χ4n) is 1.63. The van der Waals surface area contributed by atoms with E-state index in [4.69, 9.17) is 9.47 Å². The highest BCUT2D eigenvalue weighted by Crippen LogP contribution is 2.11. The van der Waals surface area contributed by atoms with Gasteiger partial charge in [-0.25, -0.2) is 9.59 Å². The molecule has 0 aromatic carbocycles. The van der Waals surface area contributed by atoms with E-state index in [1.807, 2.05) is 0 Å². The van der Waals surface area contributed by atoms with Gasteiger partial charge < -0.3 is 19.3 Å². The highest BCUT2D eigenvalue weighted by atomic mass is 16.6. The molecule has 0 saturated heterocycles. The molecule has 1 aromatic rings. The van der Waals surface area contributed by atoms with Gasteiger partial charge in [0.2, 0.25) is 0 Å². The van der Waals surface area contributed by atoms with Crippen LogP contribution in [0.5, 0.6) is 0 Å². The smallest absolute Gasteiger partial charge is 0.410 e. The Labute approximate surface area is 153 Å². The largest absolute Gasteiger partial charge is 0.444 e. The number of ether oxygens (including phenoxy) is 2. The second-order valence-electron chi connectivity index (χ2n) is 7.91. The van der Waals surface area contributed by atoms with Gasteiger partial charge in [0.05, 0.1) is 13.1 Å². The summed E-state index contributed by atoms with van der Waals surface area (Å²) in [5.74, 6) is 0.532. The summed E-state index contributed by atoms with van der Waals surface area (Å²) in [6.45, 7) is 10.9. The van der Waals surface area contributed by atoms with Gasteiger partial charge in [-0.3, -0.25) is 0 Å². The van der Waals surface area contributed by atoms with E-state index in [1.165, 1.54) is 9.80 Å². The van der Waals surface area contributed by atoms with Crippen LogP contribution in [0.25, 0.3) is 0 Å². The van der Waals surface area contributed by atoms with E-state index in [-0.39, 0.29) is 24.7 Å². The van der Waals surface area contributed by atoms with Gasteiger partial charge in [0.15, 0.2) is 11.6 Å². The van der Waals surface area contributed by atoms with Gasteiger partial charge in [0.25, 0.3) is 0 Å². The molecular weight excluding hydrogens is 340 g/mol. The van der Waals surface area contributed by atoms with Crippen LogP contribution in [0.3, 0.4) is 0 Å². The second kappa shape index (κ2) is 8.24. The minimum atomic E-state index is -0.585. The zero-order chi connectivity index (χ0) is 20.1. The number of hydrogen-bond donors (Lipinski definition) is 0. The van der Waals surface area contributed by atoms with Crippen LogP contribution < -0.4 is 0 Å². The minimum absolute atomic E-state index is 0.108. The molecule has 0 fully saturated rings. The molecule has 1 aromatic heterocycles. The molecule has 0 atom stereocenters. The van der Waals surface area contributed by atoms with E-state index in [1.54, 1.807) is 55.6 Å². The van der Waals surface area contributed by atoms with Crippen molar-refractivity contribution in [1.29, 1.82) is 0 Å². The third-order valence-electron chi connectivity index (χ3n) is 2.73. The van der Waals surface area contributed by atoms with Crippen LogP contribution >= 0.6 is 0 Å². The van der Waals surface area contributed by atoms with E-state index >= 15 is 0 Å². The highest BCUT2D eigenvalue weighted by molar-refractivity contribution is 5.68. The normalized spacial score (nSPS) is 11.7. The van der Waals surface area contributed by atoms with E-state index in [0.29, 0.717) is 0 Å². The van der Waals surface area contributed by atoms with Crippen molar-refractivity contribution in [2.24, 2.45) is 0 Å². The molecule has 26 heavy (non-hydrogen) atoms. The lowest BCUT2D eigenvalue weighted by Gasteiger charge is -2.24. The zero-order valence-corrected chi connectivity index (χ0v) is 16.7. The SMILES string of the molecule is CN(Cc1nnc(CN(C)C(=O)OC(C)(C)C)nn1)C(=O)OC(C)(C)C. The molecule has 0 radical (unpaired) electrons. The van der Waals surface area contributed by atoms with Crippen molar-refractivity contribution < 1.29 is 19.1 Å². The number of amides is 2. The summed E-state index contributed by atoms with van der Waals surface area (Å²) in [7, 11) is 3.14. The summed E-state index contributed by atoms with van der Waals surface area (Å²) < 4.78 is 10.5. The third kappa shape index (κ3) is 8.04. The van der Waals surface area contributed by atoms with Gasteiger partial charge in [-0.1, -0.05) is 0 Å². The average Bonchev–Trinajstić information content (AvgIpc) is 2.45. The molecule has 0 bridgehead atoms. The molecule has 0 spiro atoms. The fourth-order valence-corrected chi connectivity index (χ4v) is 1.63. The maximum atomic E-state index is 11.9. The Balaban J connectivity index is 2.60. The number of carbonyl (C=O) groups excluding carboxylic acids is 2. The van der Waals surface area contributed by atoms with Crippen molar-refractivity contribution in [3.63, 3.8) is 0 Å². The van der Waals surface area contributed by atoms with E-state index in [2.05, 4.69) is 20.4 Å². The summed E-state index contributed by atoms with van der Waals surface area (Å²) in [5.41, 5.74) is -1.17. The number of aromatic nitrogens is 4. The molecule has 10 heteroatoms. The molecule has 146 valence electrons. The van der Waals surface area contributed by atoms with Crippen molar-refractivity contribution in [2.45, 2.75) is 65.8 Å². The van der Waals surface area contributed by atoms with Gasteiger partial charge in [0, 0.05) is 14.1 Å². The topological polar surface area (TPSA) is 111 Å². The van der Waals surface area contributed by atoms with Crippen molar-refractivity contribution in [3.05, 3.63) is 11.6 Å². The third-order valence-corrected chi connectivity index (χ3v) is 2.73. The Hall–Kier alpha value is -2.52. The standard InChI is InChI=1S/C16H28N6O4/c1-15(2,3)25-13(23)21(7)9-11-17-19-12(20-18-11)10-22(8)14(24)26-16(4,5)6/h9-10H2,1-8H3. The maximum absolute atomic E-state index is 11.9. The maximum Gasteiger partial charge on any atom is 0.410 e. The monoisotopic (exact) mass is 368 g/mol. The van der Waals surface area contributed by atoms with E-state index in [0.717, 1.165) is 0 Å². The number of carbonyl (C=O) groups is 2. The molecule has 0 aliphatic rings. The summed E-state index contributed by atoms with van der Waals surface area (Å²) >= 11 is 0. The average molecular weight is 368 g/mol. The molecular formula is C16H28N6O4. The molecule has 0 saturated carbocycles. The Morgan fingerprint density at radius 3 is 1.23 bits per heavy atom. The van der Waals surface area contributed by atoms with Crippen molar-refractivity contribution in [2.75, 3.05) is 14.1 Å². The van der Waals surface area contributed by atoms with Gasteiger partial charge >= 0.3 is 12.2 Å². The first kappa shape index (κ1) is 21.5. The van der Waals surface area contributed by atoms with Crippen molar-refractivity contribution in [1.82, 2.24) is 30.2 Å². The molecule has 1 heterocycles. The predicted octanol–water partition coefficient (Wildman–Crippen LogP) is 2.00. The first-order valence-electron chi connectivity index (χ1n) is 8.20. The van der Waals surface area contributed by atoms with Crippen LogP contribution in [-0.4, -0.2) is 67.7 Å². The Kier molecular flexibility index (Phi) is 6.82. The fraction of sp³-hybridized carbons (Fsp3) is 0.750. The minimum Gasteiger partial charge on any atom is -0.444 e. The summed E-state index contributed by atoms with van der Waals surface area (Å²) in [6.07, 6.45) is -0.982. The quantitative estimate of drug-likeness (QED) is 0.793. The predicted molar refractivity (Wildman–Crippen MR) is 93.0 cm³/mol. The Bertz CT molecular complexity index is 566. The van der Waals surface area contributed by atoms with E-state index < -0.39 is 23.4 Å². The van der Waals surface area contributed by atoms with E-state index in [9.17, 15) is 9.59 Å². The van der Waals surface area contributed by atoms with Crippen molar-refractivity contribution in [3.8, 4) is 0 Å². The lowest BCUT2D eigenvalue weighted by atomic mass is 10.2. The summed E-state index contributed by atoms with van der Waals surface area (Å²) in [5, 5.41) is 15.7. The molecule has 1 rings (SSSR count). The van der Waals surface area contributed by atoms with Crippen LogP contribution in [-0.2, 0) is 22.6 Å². The van der Waals surface area contributed by atoms with Crippen LogP contribution in [0.15, 0.2) is 0 Å². The Morgan fingerprint density at radius 2 is 1.00 bits per heavy atom. The molecule has 10 nitrogen and oxygen atoms in total. The van der Waals surface area contributed by atoms with Crippen molar-refractivity contribution >= 4 is 12.2 Å². The van der Waals surface area contributed by atoms with Crippen LogP contribution in [0.2, 0.25) is 0 Å². The molecule has 0 aliphatic heterocycles. The van der Waals surface area contributed by atoms with Crippen LogP contribution in [0.1, 0.15) is 53.2 Å². The summed E-state index contributed by atoms with van der Waals surface area (Å²) in [4.78, 5) is 26.5. The van der Waals surface area contributed by atoms with Gasteiger partial charge in [0.1, 0.15) is 11.2 Å². The van der Waals surface area contributed by atoms with Gasteiger partial charge in [-0.05, 0) is 41.5 Å². The molecule has 0 N–H and O–H groups in total. The highest BCUT2D eigenvalue weighted by Gasteiger charge is 2.22. The van der Waals surface area contributed by atoms with Crippen LogP contribution in [0.4, 0.5) is 9.59 Å². The number of rotatable bonds is 4. The molecule has 2 amide bonds. The zero-order valence-electron chi connectivity index (χ0n) is 16.7. The number of nitrogens with zero attached hydrogens (tertiary/aromatic N) is 6. The van der Waals surface area contributed by atoms with Gasteiger partial charge in [-0.15, -0.1) is 20.4 Å². The second-order valence-corrected chi connectivity index (χ2v) is 7.91.